The van der Waals surface area contributed by atoms with E-state index in [-0.39, 0.29) is 11.5 Å². The van der Waals surface area contributed by atoms with Crippen molar-refractivity contribution in [2.45, 2.75) is 58.9 Å². The minimum Gasteiger partial charge on any atom is -0.444 e. The Morgan fingerprint density at radius 3 is 2.40 bits per heavy atom. The summed E-state index contributed by atoms with van der Waals surface area (Å²) in [6, 6.07) is 1.09. The number of amides is 1. The molecule has 8 heteroatoms. The van der Waals surface area contributed by atoms with Gasteiger partial charge in [-0.1, -0.05) is 0 Å². The Balaban J connectivity index is 1.48. The number of ether oxygens (including phenoxy) is 1. The average Bonchev–Trinajstić information content (AvgIpc) is 2.69. The highest BCUT2D eigenvalue weighted by Crippen LogP contribution is 2.52. The molecule has 5 nitrogen and oxygen atoms in total. The third kappa shape index (κ3) is 3.77. The maximum atomic E-state index is 12.7. The minimum absolute atomic E-state index is 0.121. The Bertz CT molecular complexity index is 662. The minimum atomic E-state index is -4.40. The van der Waals surface area contributed by atoms with Gasteiger partial charge in [0.25, 0.3) is 0 Å². The average molecular weight is 359 g/mol. The molecule has 1 spiro atoms. The molecule has 0 aromatic carbocycles. The molecule has 1 aromatic heterocycles. The fourth-order valence-electron chi connectivity index (χ4n) is 3.85. The summed E-state index contributed by atoms with van der Waals surface area (Å²) in [5, 5.41) is 3.69. The highest BCUT2D eigenvalue weighted by atomic mass is 19.4. The highest BCUT2D eigenvalue weighted by Gasteiger charge is 2.54. The SMILES string of the molecule is Cc1cc(C(F)(F)F)nn1CC1CC2(C1)CN(C(=O)OC(C)(C)C)C2. The predicted molar refractivity (Wildman–Crippen MR) is 84.9 cm³/mol. The molecule has 1 saturated heterocycles. The lowest BCUT2D eigenvalue weighted by molar-refractivity contribution is -0.141. The summed E-state index contributed by atoms with van der Waals surface area (Å²) >= 11 is 0. The zero-order valence-corrected chi connectivity index (χ0v) is 15.0. The van der Waals surface area contributed by atoms with Crippen LogP contribution in [0.25, 0.3) is 0 Å². The molecule has 25 heavy (non-hydrogen) atoms. The van der Waals surface area contributed by atoms with Gasteiger partial charge in [-0.2, -0.15) is 18.3 Å². The summed E-state index contributed by atoms with van der Waals surface area (Å²) in [7, 11) is 0. The number of alkyl halides is 3. The molecule has 2 heterocycles. The van der Waals surface area contributed by atoms with Gasteiger partial charge in [-0.15, -0.1) is 0 Å². The van der Waals surface area contributed by atoms with Crippen LogP contribution in [-0.4, -0.2) is 39.5 Å². The van der Waals surface area contributed by atoms with Gasteiger partial charge in [-0.3, -0.25) is 4.68 Å². The summed E-state index contributed by atoms with van der Waals surface area (Å²) in [5.41, 5.74) is -0.693. The van der Waals surface area contributed by atoms with Crippen molar-refractivity contribution in [3.8, 4) is 0 Å². The Morgan fingerprint density at radius 1 is 1.32 bits per heavy atom. The number of hydrogen-bond donors (Lipinski definition) is 0. The number of rotatable bonds is 2. The van der Waals surface area contributed by atoms with Crippen LogP contribution in [0.4, 0.5) is 18.0 Å². The molecule has 1 aliphatic carbocycles. The molecule has 0 N–H and O–H groups in total. The molecule has 1 saturated carbocycles. The van der Waals surface area contributed by atoms with Crippen LogP contribution >= 0.6 is 0 Å². The summed E-state index contributed by atoms with van der Waals surface area (Å²) < 4.78 is 44.9. The lowest BCUT2D eigenvalue weighted by Crippen LogP contribution is -2.64. The van der Waals surface area contributed by atoms with E-state index in [1.54, 1.807) is 11.8 Å². The van der Waals surface area contributed by atoms with Crippen molar-refractivity contribution in [3.63, 3.8) is 0 Å². The molecular weight excluding hydrogens is 335 g/mol. The van der Waals surface area contributed by atoms with Crippen molar-refractivity contribution >= 4 is 6.09 Å². The van der Waals surface area contributed by atoms with Crippen molar-refractivity contribution in [1.29, 1.82) is 0 Å². The molecule has 1 aromatic rings. The van der Waals surface area contributed by atoms with Gasteiger partial charge >= 0.3 is 12.3 Å². The zero-order valence-electron chi connectivity index (χ0n) is 15.0. The highest BCUT2D eigenvalue weighted by molar-refractivity contribution is 5.69. The van der Waals surface area contributed by atoms with Gasteiger partial charge in [0.15, 0.2) is 5.69 Å². The second-order valence-electron chi connectivity index (χ2n) is 8.46. The van der Waals surface area contributed by atoms with Crippen molar-refractivity contribution < 1.29 is 22.7 Å². The van der Waals surface area contributed by atoms with Gasteiger partial charge in [0.2, 0.25) is 0 Å². The number of carbonyl (C=O) groups is 1. The maximum Gasteiger partial charge on any atom is 0.435 e. The Labute approximate surface area is 145 Å². The van der Waals surface area contributed by atoms with E-state index >= 15 is 0 Å². The first-order valence-electron chi connectivity index (χ1n) is 8.47. The van der Waals surface area contributed by atoms with E-state index in [4.69, 9.17) is 4.74 Å². The van der Waals surface area contributed by atoms with E-state index in [2.05, 4.69) is 5.10 Å². The zero-order chi connectivity index (χ0) is 18.6. The lowest BCUT2D eigenvalue weighted by atomic mass is 9.58. The first kappa shape index (κ1) is 18.1. The number of nitrogens with zero attached hydrogens (tertiary/aromatic N) is 3. The molecule has 1 amide bonds. The van der Waals surface area contributed by atoms with Crippen LogP contribution < -0.4 is 0 Å². The predicted octanol–water partition coefficient (Wildman–Crippen LogP) is 3.86. The van der Waals surface area contributed by atoms with Crippen molar-refractivity contribution in [1.82, 2.24) is 14.7 Å². The van der Waals surface area contributed by atoms with E-state index in [9.17, 15) is 18.0 Å². The van der Waals surface area contributed by atoms with Crippen LogP contribution in [0.5, 0.6) is 0 Å². The third-order valence-electron chi connectivity index (χ3n) is 4.85. The summed E-state index contributed by atoms with van der Waals surface area (Å²) in [4.78, 5) is 13.7. The van der Waals surface area contributed by atoms with Gasteiger partial charge in [-0.05, 0) is 52.5 Å². The third-order valence-corrected chi connectivity index (χ3v) is 4.85. The van der Waals surface area contributed by atoms with Crippen LogP contribution in [-0.2, 0) is 17.5 Å². The number of aromatic nitrogens is 2. The molecule has 3 rings (SSSR count). The van der Waals surface area contributed by atoms with Crippen LogP contribution in [0, 0.1) is 18.3 Å². The fourth-order valence-corrected chi connectivity index (χ4v) is 3.85. The second-order valence-corrected chi connectivity index (χ2v) is 8.46. The van der Waals surface area contributed by atoms with Gasteiger partial charge in [0.1, 0.15) is 5.60 Å². The smallest absolute Gasteiger partial charge is 0.435 e. The number of carbonyl (C=O) groups excluding carboxylic acids is 1. The van der Waals surface area contributed by atoms with Gasteiger partial charge < -0.3 is 9.64 Å². The van der Waals surface area contributed by atoms with E-state index in [0.29, 0.717) is 31.2 Å². The second kappa shape index (κ2) is 5.64. The number of hydrogen-bond acceptors (Lipinski definition) is 3. The van der Waals surface area contributed by atoms with E-state index in [1.165, 1.54) is 4.68 Å². The largest absolute Gasteiger partial charge is 0.444 e. The summed E-state index contributed by atoms with van der Waals surface area (Å²) in [5.74, 6) is 0.306. The summed E-state index contributed by atoms with van der Waals surface area (Å²) in [6.07, 6.45) is -2.88. The normalized spacial score (nSPS) is 20.4. The number of halogens is 3. The Hall–Kier alpha value is -1.73. The van der Waals surface area contributed by atoms with Crippen molar-refractivity contribution in [2.24, 2.45) is 11.3 Å². The molecular formula is C17H24F3N3O2. The maximum absolute atomic E-state index is 12.7. The number of aryl methyl sites for hydroxylation is 1. The molecule has 1 aliphatic heterocycles. The number of likely N-dealkylation sites (tertiary alicyclic amines) is 1. The standard InChI is InChI=1S/C17H24F3N3O2/c1-11-5-13(17(18,19)20)21-23(11)8-12-6-16(7-12)9-22(10-16)14(24)25-15(2,3)4/h5,12H,6-10H2,1-4H3. The van der Waals surface area contributed by atoms with E-state index in [1.807, 2.05) is 20.8 Å². The van der Waals surface area contributed by atoms with E-state index < -0.39 is 17.5 Å². The molecule has 0 unspecified atom stereocenters. The van der Waals surface area contributed by atoms with Gasteiger partial charge in [0.05, 0.1) is 0 Å². The molecule has 140 valence electrons. The van der Waals surface area contributed by atoms with Crippen LogP contribution in [0.1, 0.15) is 45.0 Å². The molecule has 0 atom stereocenters. The fraction of sp³-hybridized carbons (Fsp3) is 0.765. The first-order valence-corrected chi connectivity index (χ1v) is 8.47. The van der Waals surface area contributed by atoms with E-state index in [0.717, 1.165) is 18.9 Å². The topological polar surface area (TPSA) is 47.4 Å². The quantitative estimate of drug-likeness (QED) is 0.806. The van der Waals surface area contributed by atoms with Crippen LogP contribution in [0.3, 0.4) is 0 Å². The monoisotopic (exact) mass is 359 g/mol. The van der Waals surface area contributed by atoms with Gasteiger partial charge in [0, 0.05) is 30.7 Å². The first-order chi connectivity index (χ1) is 11.4. The van der Waals surface area contributed by atoms with Gasteiger partial charge in [-0.25, -0.2) is 4.79 Å². The van der Waals surface area contributed by atoms with Crippen LogP contribution in [0.2, 0.25) is 0 Å². The lowest BCUT2D eigenvalue weighted by Gasteiger charge is -2.58. The van der Waals surface area contributed by atoms with Crippen molar-refractivity contribution in [3.05, 3.63) is 17.5 Å². The molecule has 2 aliphatic rings. The Kier molecular flexibility index (Phi) is 4.08. The molecule has 0 radical (unpaired) electrons. The van der Waals surface area contributed by atoms with Crippen molar-refractivity contribution in [2.75, 3.05) is 13.1 Å². The molecule has 2 fully saturated rings. The Morgan fingerprint density at radius 2 is 1.92 bits per heavy atom. The summed E-state index contributed by atoms with van der Waals surface area (Å²) in [6.45, 7) is 8.99. The van der Waals surface area contributed by atoms with Crippen LogP contribution in [0.15, 0.2) is 6.07 Å². The molecule has 0 bridgehead atoms.